The Morgan fingerprint density at radius 2 is 1.68 bits per heavy atom. The summed E-state index contributed by atoms with van der Waals surface area (Å²) in [6, 6.07) is 14.8. The number of carbonyl (C=O) groups is 2. The number of rotatable bonds is 7. The second-order valence-corrected chi connectivity index (χ2v) is 11.9. The summed E-state index contributed by atoms with van der Waals surface area (Å²) in [5.74, 6) is 0.437. The smallest absolute Gasteiger partial charge is 0.277 e. The van der Waals surface area contributed by atoms with E-state index in [4.69, 9.17) is 4.74 Å². The fraction of sp³-hybridized carbons (Fsp3) is 0.370. The van der Waals surface area contributed by atoms with Crippen LogP contribution < -0.4 is 9.64 Å². The van der Waals surface area contributed by atoms with Crippen LogP contribution in [0.5, 0.6) is 5.75 Å². The Hall–Kier alpha value is -3.66. The van der Waals surface area contributed by atoms with Crippen molar-refractivity contribution < 1.29 is 22.7 Å². The second kappa shape index (κ2) is 9.02. The number of methoxy groups -OCH3 is 1. The Labute approximate surface area is 216 Å². The number of nitrogens with zero attached hydrogens (tertiary/aromatic N) is 4. The molecule has 0 saturated heterocycles. The molecule has 37 heavy (non-hydrogen) atoms. The number of sulfone groups is 1. The number of amides is 2. The highest BCUT2D eigenvalue weighted by atomic mass is 32.2. The first-order valence-electron chi connectivity index (χ1n) is 12.1. The van der Waals surface area contributed by atoms with Crippen molar-refractivity contribution in [3.63, 3.8) is 0 Å². The molecule has 1 fully saturated rings. The molecule has 2 aliphatic rings. The first-order valence-corrected chi connectivity index (χ1v) is 14.0. The van der Waals surface area contributed by atoms with Crippen molar-refractivity contribution >= 4 is 27.3 Å². The van der Waals surface area contributed by atoms with Gasteiger partial charge < -0.3 is 14.5 Å². The molecule has 2 heterocycles. The zero-order valence-electron chi connectivity index (χ0n) is 21.4. The Bertz CT molecular complexity index is 1470. The molecule has 0 N–H and O–H groups in total. The summed E-state index contributed by atoms with van der Waals surface area (Å²) in [5.41, 5.74) is 2.94. The van der Waals surface area contributed by atoms with Crippen LogP contribution in [0.3, 0.4) is 0 Å². The highest BCUT2D eigenvalue weighted by Gasteiger charge is 2.46. The van der Waals surface area contributed by atoms with Crippen LogP contribution in [0, 0.1) is 0 Å². The molecule has 0 bridgehead atoms. The van der Waals surface area contributed by atoms with Crippen molar-refractivity contribution in [2.45, 2.75) is 36.1 Å². The molecule has 5 rings (SSSR count). The van der Waals surface area contributed by atoms with E-state index in [0.29, 0.717) is 36.4 Å². The third-order valence-electron chi connectivity index (χ3n) is 7.28. The van der Waals surface area contributed by atoms with Crippen molar-refractivity contribution in [3.05, 3.63) is 65.4 Å². The minimum atomic E-state index is -3.64. The normalized spacial score (nSPS) is 16.3. The second-order valence-electron chi connectivity index (χ2n) is 10.0. The van der Waals surface area contributed by atoms with Crippen LogP contribution in [0.15, 0.2) is 53.6 Å². The van der Waals surface area contributed by atoms with Gasteiger partial charge >= 0.3 is 0 Å². The van der Waals surface area contributed by atoms with Gasteiger partial charge in [0.05, 0.1) is 12.8 Å². The minimum Gasteiger partial charge on any atom is -0.497 e. The molecule has 2 aromatic carbocycles. The van der Waals surface area contributed by atoms with Crippen molar-refractivity contribution in [2.75, 3.05) is 38.9 Å². The third kappa shape index (κ3) is 4.50. The van der Waals surface area contributed by atoms with Crippen molar-refractivity contribution in [1.29, 1.82) is 0 Å². The van der Waals surface area contributed by atoms with E-state index in [0.717, 1.165) is 30.3 Å². The largest absolute Gasteiger partial charge is 0.497 e. The average Bonchev–Trinajstić information content (AvgIpc) is 3.53. The number of carbonyl (C=O) groups excluding carboxylic acids is 2. The Morgan fingerprint density at radius 1 is 1.05 bits per heavy atom. The van der Waals surface area contributed by atoms with E-state index in [9.17, 15) is 18.0 Å². The van der Waals surface area contributed by atoms with E-state index in [2.05, 4.69) is 5.10 Å². The van der Waals surface area contributed by atoms with E-state index < -0.39 is 9.84 Å². The predicted molar refractivity (Wildman–Crippen MR) is 139 cm³/mol. The molecule has 1 aromatic heterocycles. The SMILES string of the molecule is COc1ccc(-n2nc(S(C)(=O)=O)c3c2C(=O)N(c2ccc(C4(CC(=O)N(C)C)CC4)cc2)CC3)cc1. The van der Waals surface area contributed by atoms with E-state index in [-0.39, 0.29) is 27.9 Å². The Balaban J connectivity index is 1.49. The van der Waals surface area contributed by atoms with Gasteiger partial charge in [-0.05, 0) is 61.2 Å². The number of aromatic nitrogens is 2. The molecule has 1 saturated carbocycles. The highest BCUT2D eigenvalue weighted by Crippen LogP contribution is 2.51. The van der Waals surface area contributed by atoms with Gasteiger partial charge in [-0.2, -0.15) is 5.10 Å². The quantitative estimate of drug-likeness (QED) is 0.473. The molecule has 1 aliphatic heterocycles. The zero-order valence-corrected chi connectivity index (χ0v) is 22.2. The van der Waals surface area contributed by atoms with Gasteiger partial charge in [0, 0.05) is 50.0 Å². The van der Waals surface area contributed by atoms with Crippen molar-refractivity contribution in [2.24, 2.45) is 0 Å². The maximum Gasteiger partial charge on any atom is 0.277 e. The highest BCUT2D eigenvalue weighted by molar-refractivity contribution is 7.90. The lowest BCUT2D eigenvalue weighted by Gasteiger charge is -2.28. The summed E-state index contributed by atoms with van der Waals surface area (Å²) < 4.78 is 31.7. The van der Waals surface area contributed by atoms with Gasteiger partial charge in [0.2, 0.25) is 5.91 Å². The molecule has 2 amide bonds. The summed E-state index contributed by atoms with van der Waals surface area (Å²) in [4.78, 5) is 29.4. The molecular weight excluding hydrogens is 492 g/mol. The maximum atomic E-state index is 13.8. The van der Waals surface area contributed by atoms with Crippen LogP contribution >= 0.6 is 0 Å². The Kier molecular flexibility index (Phi) is 6.10. The summed E-state index contributed by atoms with van der Waals surface area (Å²) >= 11 is 0. The molecule has 194 valence electrons. The topological polar surface area (TPSA) is 102 Å². The van der Waals surface area contributed by atoms with Crippen LogP contribution in [-0.4, -0.2) is 68.9 Å². The fourth-order valence-electron chi connectivity index (χ4n) is 4.94. The van der Waals surface area contributed by atoms with Crippen LogP contribution in [0.4, 0.5) is 5.69 Å². The summed E-state index contributed by atoms with van der Waals surface area (Å²) in [6.45, 7) is 0.340. The molecular formula is C27H30N4O5S. The zero-order chi connectivity index (χ0) is 26.5. The van der Waals surface area contributed by atoms with E-state index in [1.165, 1.54) is 4.68 Å². The third-order valence-corrected chi connectivity index (χ3v) is 8.31. The Morgan fingerprint density at radius 3 is 2.22 bits per heavy atom. The van der Waals surface area contributed by atoms with Crippen LogP contribution in [0.1, 0.15) is 40.9 Å². The minimum absolute atomic E-state index is 0.0668. The van der Waals surface area contributed by atoms with Gasteiger partial charge in [0.15, 0.2) is 14.9 Å². The number of hydrogen-bond donors (Lipinski definition) is 0. The molecule has 10 heteroatoms. The van der Waals surface area contributed by atoms with Crippen LogP contribution in [0.2, 0.25) is 0 Å². The molecule has 0 unspecified atom stereocenters. The average molecular weight is 523 g/mol. The van der Waals surface area contributed by atoms with Gasteiger partial charge in [0.1, 0.15) is 11.4 Å². The van der Waals surface area contributed by atoms with E-state index >= 15 is 0 Å². The van der Waals surface area contributed by atoms with Gasteiger partial charge in [-0.25, -0.2) is 13.1 Å². The molecule has 0 atom stereocenters. The lowest BCUT2D eigenvalue weighted by molar-refractivity contribution is -0.129. The van der Waals surface area contributed by atoms with Gasteiger partial charge in [-0.15, -0.1) is 0 Å². The lowest BCUT2D eigenvalue weighted by atomic mass is 9.91. The number of anilines is 1. The first kappa shape index (κ1) is 25.0. The molecule has 3 aromatic rings. The fourth-order valence-corrected chi connectivity index (χ4v) is 5.82. The monoisotopic (exact) mass is 522 g/mol. The van der Waals surface area contributed by atoms with E-state index in [1.807, 2.05) is 24.3 Å². The van der Waals surface area contributed by atoms with Gasteiger partial charge in [-0.1, -0.05) is 12.1 Å². The summed E-state index contributed by atoms with van der Waals surface area (Å²) in [5, 5.41) is 4.30. The van der Waals surface area contributed by atoms with E-state index in [1.54, 1.807) is 55.3 Å². The van der Waals surface area contributed by atoms with Crippen molar-refractivity contribution in [1.82, 2.24) is 14.7 Å². The number of benzene rings is 2. The number of hydrogen-bond acceptors (Lipinski definition) is 6. The van der Waals surface area contributed by atoms with Crippen LogP contribution in [-0.2, 0) is 26.5 Å². The number of ether oxygens (including phenoxy) is 1. The first-order chi connectivity index (χ1) is 17.5. The molecule has 9 nitrogen and oxygen atoms in total. The molecule has 1 aliphatic carbocycles. The number of fused-ring (bicyclic) bond motifs is 1. The van der Waals surface area contributed by atoms with Crippen molar-refractivity contribution in [3.8, 4) is 11.4 Å². The van der Waals surface area contributed by atoms with Gasteiger partial charge in [0.25, 0.3) is 5.91 Å². The lowest BCUT2D eigenvalue weighted by Crippen LogP contribution is -2.39. The van der Waals surface area contributed by atoms with Crippen LogP contribution in [0.25, 0.3) is 5.69 Å². The summed E-state index contributed by atoms with van der Waals surface area (Å²) in [6.07, 6.45) is 3.88. The van der Waals surface area contributed by atoms with Gasteiger partial charge in [-0.3, -0.25) is 9.59 Å². The predicted octanol–water partition coefficient (Wildman–Crippen LogP) is 3.00. The molecule has 0 radical (unpaired) electrons. The maximum absolute atomic E-state index is 13.8. The summed E-state index contributed by atoms with van der Waals surface area (Å²) in [7, 11) is 1.46. The standard InChI is InChI=1S/C27H30N4O5S/c1-29(2)23(32)17-27(14-15-27)18-5-7-19(8-6-18)30-16-13-22-24(26(30)33)31(28-25(22)37(4,34)35)20-9-11-21(36-3)12-10-20/h5-12H,13-17H2,1-4H3. The molecule has 0 spiro atoms.